The van der Waals surface area contributed by atoms with E-state index in [0.717, 1.165) is 11.5 Å². The van der Waals surface area contributed by atoms with Gasteiger partial charge in [0.15, 0.2) is 0 Å². The fraction of sp³-hybridized carbons (Fsp3) is 0.536. The maximum absolute atomic E-state index is 5.44. The number of hydrogen-bond donors (Lipinski definition) is 0. The average molecular weight is 472 g/mol. The van der Waals surface area contributed by atoms with E-state index in [1.165, 1.54) is 31.2 Å². The molecular formula is C28H45NSiTi. The summed E-state index contributed by atoms with van der Waals surface area (Å²) in [4.78, 5) is 5.44. The Morgan fingerprint density at radius 3 is 2.16 bits per heavy atom. The fourth-order valence-corrected chi connectivity index (χ4v) is 11.4. The summed E-state index contributed by atoms with van der Waals surface area (Å²) < 4.78 is 0. The van der Waals surface area contributed by atoms with Crippen LogP contribution in [0.3, 0.4) is 0 Å². The Morgan fingerprint density at radius 1 is 0.968 bits per heavy atom. The third-order valence-corrected chi connectivity index (χ3v) is 10.8. The first kappa shape index (κ1) is 30.6. The van der Waals surface area contributed by atoms with E-state index in [9.17, 15) is 0 Å². The summed E-state index contributed by atoms with van der Waals surface area (Å²) in [5.74, 6) is 2.16. The number of hydrogen-bond acceptors (Lipinski definition) is 0. The van der Waals surface area contributed by atoms with E-state index >= 15 is 0 Å². The van der Waals surface area contributed by atoms with Crippen LogP contribution in [0.2, 0.25) is 18.6 Å². The Labute approximate surface area is 210 Å². The zero-order valence-corrected chi connectivity index (χ0v) is 24.1. The van der Waals surface area contributed by atoms with Crippen molar-refractivity contribution in [2.24, 2.45) is 17.8 Å². The molecule has 2 fully saturated rings. The van der Waals surface area contributed by atoms with Crippen LogP contribution in [-0.2, 0) is 21.7 Å². The van der Waals surface area contributed by atoms with Gasteiger partial charge in [-0.1, -0.05) is 91.0 Å². The molecule has 0 radical (unpaired) electrons. The molecule has 170 valence electrons. The predicted octanol–water partition coefficient (Wildman–Crippen LogP) is 8.93. The number of rotatable bonds is 3. The van der Waals surface area contributed by atoms with Crippen LogP contribution >= 0.6 is 0 Å². The first-order chi connectivity index (χ1) is 12.7. The standard InChI is InChI=1S/C25H36NSi.3CH3.Ti/c1-17-15-21-22(24(17)27(5,6)26-25(2,3)4)16-19-13-10-14-20(19)23(21)18-11-8-7-9-12-18;;;;/h7-9,11-12,16-17,21-22,24H,10,13-15H2,1-6H3;3*1H3;/q4*-1;+4. The number of fused-ring (bicyclic) bond motifs is 2. The number of benzene rings is 1. The molecule has 2 saturated carbocycles. The van der Waals surface area contributed by atoms with Gasteiger partial charge in [0.1, 0.15) is 0 Å². The monoisotopic (exact) mass is 471 g/mol. The van der Waals surface area contributed by atoms with Gasteiger partial charge in [0.05, 0.1) is 0 Å². The van der Waals surface area contributed by atoms with Gasteiger partial charge in [0.25, 0.3) is 0 Å². The van der Waals surface area contributed by atoms with Gasteiger partial charge in [-0.15, -0.1) is 5.54 Å². The van der Waals surface area contributed by atoms with Crippen LogP contribution in [0.4, 0.5) is 0 Å². The molecule has 1 nitrogen and oxygen atoms in total. The molecule has 0 bridgehead atoms. The minimum atomic E-state index is -1.69. The van der Waals surface area contributed by atoms with Crippen molar-refractivity contribution in [2.45, 2.75) is 77.6 Å². The van der Waals surface area contributed by atoms with Crippen molar-refractivity contribution < 1.29 is 21.7 Å². The predicted molar refractivity (Wildman–Crippen MR) is 140 cm³/mol. The van der Waals surface area contributed by atoms with Gasteiger partial charge in [-0.05, 0) is 65.7 Å². The average Bonchev–Trinajstić information content (AvgIpc) is 3.14. The first-order valence-corrected chi connectivity index (χ1v) is 13.9. The largest absolute Gasteiger partial charge is 4.00 e. The van der Waals surface area contributed by atoms with Gasteiger partial charge in [-0.3, -0.25) is 0 Å². The summed E-state index contributed by atoms with van der Waals surface area (Å²) >= 11 is 0. The van der Waals surface area contributed by atoms with Crippen molar-refractivity contribution in [3.8, 4) is 0 Å². The molecule has 0 aliphatic heterocycles. The van der Waals surface area contributed by atoms with Crippen molar-refractivity contribution >= 4 is 13.8 Å². The molecule has 0 N–H and O–H groups in total. The van der Waals surface area contributed by atoms with Gasteiger partial charge in [-0.2, -0.15) is 0 Å². The van der Waals surface area contributed by atoms with Crippen LogP contribution in [0.15, 0.2) is 47.6 Å². The molecule has 0 saturated heterocycles. The molecule has 4 unspecified atom stereocenters. The van der Waals surface area contributed by atoms with Crippen LogP contribution in [0, 0.1) is 40.0 Å². The van der Waals surface area contributed by atoms with E-state index in [2.05, 4.69) is 77.2 Å². The van der Waals surface area contributed by atoms with Gasteiger partial charge in [-0.25, -0.2) is 0 Å². The van der Waals surface area contributed by atoms with Crippen LogP contribution in [-0.4, -0.2) is 13.8 Å². The molecule has 4 rings (SSSR count). The van der Waals surface area contributed by atoms with E-state index in [1.54, 1.807) is 16.7 Å². The van der Waals surface area contributed by atoms with E-state index < -0.39 is 8.24 Å². The summed E-state index contributed by atoms with van der Waals surface area (Å²) in [6.45, 7) is 14.4. The molecule has 1 aromatic rings. The summed E-state index contributed by atoms with van der Waals surface area (Å²) in [6, 6.07) is 11.3. The van der Waals surface area contributed by atoms with Gasteiger partial charge >= 0.3 is 21.7 Å². The second-order valence-electron chi connectivity index (χ2n) is 10.7. The van der Waals surface area contributed by atoms with Crippen molar-refractivity contribution in [3.63, 3.8) is 0 Å². The molecule has 4 atom stereocenters. The second kappa shape index (κ2) is 11.1. The molecular weight excluding hydrogens is 426 g/mol. The van der Waals surface area contributed by atoms with Crippen LogP contribution in [0.5, 0.6) is 0 Å². The maximum Gasteiger partial charge on any atom is 4.00 e. The molecule has 3 heteroatoms. The van der Waals surface area contributed by atoms with E-state index in [4.69, 9.17) is 4.98 Å². The van der Waals surface area contributed by atoms with E-state index in [-0.39, 0.29) is 49.5 Å². The minimum Gasteiger partial charge on any atom is -0.660 e. The van der Waals surface area contributed by atoms with Crippen LogP contribution in [0.25, 0.3) is 10.6 Å². The third-order valence-electron chi connectivity index (χ3n) is 6.99. The smallest absolute Gasteiger partial charge is 0.660 e. The minimum absolute atomic E-state index is 0. The Bertz CT molecular complexity index is 772. The second-order valence-corrected chi connectivity index (χ2v) is 14.9. The molecule has 0 aromatic heterocycles. The Morgan fingerprint density at radius 2 is 1.58 bits per heavy atom. The summed E-state index contributed by atoms with van der Waals surface area (Å²) in [7, 11) is -1.69. The first-order valence-electron chi connectivity index (χ1n) is 10.9. The quantitative estimate of drug-likeness (QED) is 0.309. The SMILES string of the molecule is CC1CC2C(c3ccccc3)=C3CCCC3=CC2C1[Si](C)(C)[N-]C(C)(C)C.[CH3-].[CH3-].[CH3-].[Ti+4]. The summed E-state index contributed by atoms with van der Waals surface area (Å²) in [5, 5.41) is 0. The van der Waals surface area contributed by atoms with Gasteiger partial charge in [0, 0.05) is 0 Å². The Balaban J connectivity index is 0.00000225. The van der Waals surface area contributed by atoms with Crippen molar-refractivity contribution in [1.82, 2.24) is 0 Å². The van der Waals surface area contributed by atoms with Crippen LogP contribution < -0.4 is 0 Å². The van der Waals surface area contributed by atoms with Crippen molar-refractivity contribution in [1.29, 1.82) is 0 Å². The van der Waals surface area contributed by atoms with Crippen LogP contribution in [0.1, 0.15) is 58.9 Å². The molecule has 1 aromatic carbocycles. The number of allylic oxidation sites excluding steroid dienone is 4. The van der Waals surface area contributed by atoms with Gasteiger partial charge in [0.2, 0.25) is 0 Å². The third kappa shape index (κ3) is 5.94. The van der Waals surface area contributed by atoms with E-state index in [0.29, 0.717) is 11.8 Å². The Kier molecular flexibility index (Phi) is 11.0. The van der Waals surface area contributed by atoms with Crippen molar-refractivity contribution in [2.75, 3.05) is 0 Å². The zero-order valence-electron chi connectivity index (χ0n) is 21.5. The molecule has 0 spiro atoms. The molecule has 0 amide bonds. The maximum atomic E-state index is 5.44. The molecule has 0 heterocycles. The molecule has 3 aliphatic rings. The topological polar surface area (TPSA) is 14.1 Å². The van der Waals surface area contributed by atoms with Gasteiger partial charge < -0.3 is 27.3 Å². The number of nitrogens with zero attached hydrogens (tertiary/aromatic N) is 1. The zero-order chi connectivity index (χ0) is 19.4. The molecule has 3 aliphatic carbocycles. The summed E-state index contributed by atoms with van der Waals surface area (Å²) in [5.41, 5.74) is 7.39. The van der Waals surface area contributed by atoms with Crippen molar-refractivity contribution in [3.05, 3.63) is 80.4 Å². The summed E-state index contributed by atoms with van der Waals surface area (Å²) in [6.07, 6.45) is 7.97. The normalized spacial score (nSPS) is 27.0. The Hall–Kier alpha value is -0.409. The fourth-order valence-electron chi connectivity index (χ4n) is 6.69. The van der Waals surface area contributed by atoms with E-state index in [1.807, 2.05) is 0 Å². The molecule has 31 heavy (non-hydrogen) atoms.